The van der Waals surface area contributed by atoms with E-state index >= 15 is 0 Å². The zero-order valence-corrected chi connectivity index (χ0v) is 72.2. The predicted octanol–water partition coefficient (Wildman–Crippen LogP) is -12.4. The number of aromatic nitrogens is 6. The van der Waals surface area contributed by atoms with Gasteiger partial charge in [0.25, 0.3) is 0 Å². The fourth-order valence-electron chi connectivity index (χ4n) is 8.94. The molecule has 2 aromatic heterocycles. The molecule has 0 amide bonds. The number of anilines is 8. The van der Waals surface area contributed by atoms with Crippen LogP contribution in [0.15, 0.2) is 124 Å². The van der Waals surface area contributed by atoms with E-state index in [1.807, 2.05) is 0 Å². The molecule has 38 nitrogen and oxygen atoms in total. The van der Waals surface area contributed by atoms with Crippen LogP contribution in [-0.4, -0.2) is 143 Å². The van der Waals surface area contributed by atoms with Crippen molar-refractivity contribution in [2.45, 2.75) is 65.0 Å². The molecular formula is C51H50N16Na6O22S6. The van der Waals surface area contributed by atoms with Gasteiger partial charge in [0.1, 0.15) is 63.3 Å². The van der Waals surface area contributed by atoms with Crippen LogP contribution in [0.1, 0.15) is 39.7 Å². The zero-order chi connectivity index (χ0) is 69.0. The number of nitrogens with one attached hydrogen (secondary N) is 4. The van der Waals surface area contributed by atoms with Gasteiger partial charge in [0.2, 0.25) is 35.7 Å². The molecule has 2 heterocycles. The number of rotatable bonds is 33. The summed E-state index contributed by atoms with van der Waals surface area (Å²) >= 11 is 0.559. The number of phenols is 3. The quantitative estimate of drug-likeness (QED) is 0.00382. The van der Waals surface area contributed by atoms with E-state index in [1.54, 1.807) is 43.6 Å². The molecule has 0 aliphatic rings. The van der Waals surface area contributed by atoms with Gasteiger partial charge < -0.3 is 75.1 Å². The van der Waals surface area contributed by atoms with E-state index < -0.39 is 99.4 Å². The molecule has 6 aromatic carbocycles. The molecule has 0 bridgehead atoms. The number of hydrogen-bond donors (Lipinski definition) is 7. The first-order chi connectivity index (χ1) is 45.1. The predicted molar refractivity (Wildman–Crippen MR) is 328 cm³/mol. The van der Waals surface area contributed by atoms with Crippen LogP contribution >= 0.6 is 24.4 Å². The number of hydrogen-bond acceptors (Lipinski definition) is 40. The van der Waals surface area contributed by atoms with Crippen LogP contribution in [0.4, 0.5) is 69.8 Å². The third-order valence-electron chi connectivity index (χ3n) is 13.3. The second-order valence-electron chi connectivity index (χ2n) is 19.1. The van der Waals surface area contributed by atoms with Crippen LogP contribution in [0, 0.1) is 0 Å². The van der Waals surface area contributed by atoms with Gasteiger partial charge in [0, 0.05) is 55.4 Å². The monoisotopic (exact) mass is 1570 g/mol. The average Bonchev–Trinajstić information content (AvgIpc) is 0.749. The van der Waals surface area contributed by atoms with Gasteiger partial charge in [-0.05, 0) is 124 Å². The van der Waals surface area contributed by atoms with Gasteiger partial charge in [-0.3, -0.25) is 14.3 Å². The van der Waals surface area contributed by atoms with Crippen molar-refractivity contribution in [3.8, 4) is 17.2 Å². The summed E-state index contributed by atoms with van der Waals surface area (Å²) in [5.74, 6) is -3.01. The van der Waals surface area contributed by atoms with Gasteiger partial charge in [-0.2, -0.15) is 39.4 Å². The van der Waals surface area contributed by atoms with Crippen molar-refractivity contribution >= 4 is 156 Å². The molecule has 508 valence electrons. The minimum Gasteiger partial charge on any atom is -0.744 e. The summed E-state index contributed by atoms with van der Waals surface area (Å²) in [7, 11) is -21.5. The molecule has 0 unspecified atom stereocenters. The van der Waals surface area contributed by atoms with Gasteiger partial charge in [0.05, 0.1) is 60.2 Å². The smallest absolute Gasteiger partial charge is 0.744 e. The Labute approximate surface area is 718 Å². The minimum absolute atomic E-state index is 0. The van der Waals surface area contributed by atoms with Crippen molar-refractivity contribution in [2.24, 2.45) is 20.5 Å². The Morgan fingerprint density at radius 3 is 1.60 bits per heavy atom. The first-order valence-electron chi connectivity index (χ1n) is 27.3. The largest absolute Gasteiger partial charge is 1.00 e. The third-order valence-corrected chi connectivity index (χ3v) is 17.7. The Balaban J connectivity index is 0.00000578. The van der Waals surface area contributed by atoms with E-state index in [0.29, 0.717) is 63.0 Å². The molecule has 0 atom stereocenters. The number of aryl methyl sites for hydroxylation is 1. The molecule has 0 radical (unpaired) electrons. The summed E-state index contributed by atoms with van der Waals surface area (Å²) < 4.78 is 163. The number of phenolic OH excluding ortho intramolecular Hbond substituents is 3. The van der Waals surface area contributed by atoms with Gasteiger partial charge in [0.15, 0.2) is 23.8 Å². The van der Waals surface area contributed by atoms with Gasteiger partial charge >= 0.3 is 177 Å². The maximum absolute atomic E-state index is 13.1. The molecule has 0 aliphatic carbocycles. The number of azo groups is 2. The maximum atomic E-state index is 13.1. The molecule has 0 spiro atoms. The van der Waals surface area contributed by atoms with Crippen molar-refractivity contribution in [1.82, 2.24) is 29.9 Å². The van der Waals surface area contributed by atoms with Crippen LogP contribution in [0.3, 0.4) is 0 Å². The van der Waals surface area contributed by atoms with E-state index in [1.165, 1.54) is 18.2 Å². The van der Waals surface area contributed by atoms with Gasteiger partial charge in [-0.25, -0.2) is 33.7 Å². The summed E-state index contributed by atoms with van der Waals surface area (Å²) in [5.41, 5.74) is -1.89. The Morgan fingerprint density at radius 2 is 1.08 bits per heavy atom. The number of nitrogens with zero attached hydrogens (tertiary/aromatic N) is 12. The average molecular weight is 1570 g/mol. The Kier molecular flexibility index (Phi) is 40.0. The molecule has 0 saturated carbocycles. The van der Waals surface area contributed by atoms with E-state index in [-0.39, 0.29) is 283 Å². The van der Waals surface area contributed by atoms with E-state index in [0.717, 1.165) is 48.5 Å². The Bertz CT molecular complexity index is 4710. The third kappa shape index (κ3) is 25.5. The standard InChI is InChI=1S/C51H56N16O22S6.6Na/c1-5-66(6-2)50-58-46(56-48(60-50)54-34-17-16-32-33(45(34)95(82,83)84)26-39(94(79,80)81)42(43(32)69)65-62-29-12-14-30(15-13-29)92(73,74)75)52-19-20-53-47-57-49(61-51(59-47)67(7-3)8-4)55-36-25-31(93(76,77)78)23-28-24-38(90-88-86-71)41(44(70)40(28)36)64-63-35-22-27(11-18-37(35)68)10-9-21-85-91-89-87-72;;;;;;/h11-18,22-26,68-72H,5-10,19-21H2,1-4H3,(H,73,74,75)(H,76,77,78)(H,79,80,81)(H,82,83,84)(H2,52,54,56,58,60)(H2,53,55,57,59,61);;;;;;/q;6*+1/p-6. The van der Waals surface area contributed by atoms with Crippen molar-refractivity contribution in [1.29, 1.82) is 0 Å². The van der Waals surface area contributed by atoms with Crippen molar-refractivity contribution < 1.29 is 278 Å². The molecular weight excluding hydrogens is 1520 g/mol. The van der Waals surface area contributed by atoms with Crippen molar-refractivity contribution in [2.75, 3.05) is 76.9 Å². The molecule has 0 fully saturated rings. The topological polar surface area (TPSA) is 563 Å². The summed E-state index contributed by atoms with van der Waals surface area (Å²) in [6.45, 7) is 8.52. The molecule has 0 saturated heterocycles. The summed E-state index contributed by atoms with van der Waals surface area (Å²) in [5, 5.41) is 87.5. The van der Waals surface area contributed by atoms with Crippen LogP contribution < -0.4 is 219 Å². The van der Waals surface area contributed by atoms with Crippen LogP contribution in [0.2, 0.25) is 0 Å². The Morgan fingerprint density at radius 1 is 0.535 bits per heavy atom. The van der Waals surface area contributed by atoms with E-state index in [2.05, 4.69) is 90.4 Å². The molecule has 8 rings (SSSR count). The second kappa shape index (κ2) is 42.8. The number of benzene rings is 6. The fraction of sp³-hybridized carbons (Fsp3) is 0.255. The number of aromatic hydroxyl groups is 3. The van der Waals surface area contributed by atoms with Crippen LogP contribution in [-0.2, 0) is 69.8 Å². The second-order valence-corrected chi connectivity index (χ2v) is 25.8. The molecule has 101 heavy (non-hydrogen) atoms. The van der Waals surface area contributed by atoms with Crippen molar-refractivity contribution in [3.63, 3.8) is 0 Å². The summed E-state index contributed by atoms with van der Waals surface area (Å²) in [6.07, 6.45) is 0.775. The molecule has 0 aliphatic heterocycles. The molecule has 8 aromatic rings. The van der Waals surface area contributed by atoms with Crippen LogP contribution in [0.25, 0.3) is 21.5 Å². The van der Waals surface area contributed by atoms with Crippen molar-refractivity contribution in [3.05, 3.63) is 84.4 Å². The normalized spacial score (nSPS) is 11.6. The number of fused-ring (bicyclic) bond motifs is 2. The SMILES string of the molecule is CCN(CC)c1nc(NCCNc2nc(Nc3cc(S(=O)(=O)[O-])cc4cc(SOO[O-])c(N=Nc5cc(CCCOSOO[O-])ccc5O)c(O)c34)nc(N(CC)CC)n2)nc(Nc2ccc3c(O)c(N=Nc4ccc(S(=O)(=O)[O-])cc4)c(S(=O)(=O)[O-])cc3c2S(=O)(=O)[O-])n1.[Na+].[Na+].[Na+].[Na+].[Na+].[Na+]. The van der Waals surface area contributed by atoms with E-state index in [9.17, 15) is 77.7 Å². The Hall–Kier alpha value is -2.68. The first-order valence-corrected chi connectivity index (χ1v) is 34.3. The zero-order valence-electron chi connectivity index (χ0n) is 55.3. The molecule has 7 N–H and O–H groups in total. The van der Waals surface area contributed by atoms with E-state index in [4.69, 9.17) is 4.18 Å². The van der Waals surface area contributed by atoms with Crippen LogP contribution in [0.5, 0.6) is 17.2 Å². The van der Waals surface area contributed by atoms with Gasteiger partial charge in [-0.1, -0.05) is 6.07 Å². The first kappa shape index (κ1) is 94.4. The fourth-order valence-corrected chi connectivity index (χ4v) is 12.1. The maximum Gasteiger partial charge on any atom is 1.00 e. The summed E-state index contributed by atoms with van der Waals surface area (Å²) in [6, 6.07) is 13.7. The van der Waals surface area contributed by atoms with Gasteiger partial charge in [-0.15, -0.1) is 19.7 Å². The minimum atomic E-state index is -5.68. The summed E-state index contributed by atoms with van der Waals surface area (Å²) in [4.78, 5) is 26.1. The molecule has 50 heteroatoms.